The molecule has 7 nitrogen and oxygen atoms in total. The fraction of sp³-hybridized carbons (Fsp3) is 0.407. The van der Waals surface area contributed by atoms with E-state index in [9.17, 15) is 34.8 Å². The van der Waals surface area contributed by atoms with E-state index >= 15 is 0 Å². The molecule has 0 fully saturated rings. The lowest BCUT2D eigenvalue weighted by molar-refractivity contribution is -0.303. The molecule has 2 aromatic carbocycles. The van der Waals surface area contributed by atoms with Gasteiger partial charge in [0.05, 0.1) is 20.3 Å². The smallest absolute Gasteiger partial charge is 0.497 e. The zero-order chi connectivity index (χ0) is 30.2. The van der Waals surface area contributed by atoms with Gasteiger partial charge in [0.1, 0.15) is 27.8 Å². The lowest BCUT2D eigenvalue weighted by atomic mass is 9.89. The summed E-state index contributed by atoms with van der Waals surface area (Å²) >= 11 is 0. The van der Waals surface area contributed by atoms with E-state index in [4.69, 9.17) is 9.47 Å². The van der Waals surface area contributed by atoms with Crippen LogP contribution >= 0.6 is 0 Å². The van der Waals surface area contributed by atoms with E-state index in [1.807, 2.05) is 0 Å². The summed E-state index contributed by atoms with van der Waals surface area (Å²) < 4.78 is 124. The van der Waals surface area contributed by atoms with Crippen molar-refractivity contribution < 1.29 is 53.7 Å². The molecule has 0 radical (unpaired) electrons. The van der Waals surface area contributed by atoms with Crippen molar-refractivity contribution in [2.24, 2.45) is 0 Å². The highest BCUT2D eigenvalue weighted by Gasteiger charge is 2.47. The number of sulfonamides is 1. The standard InChI is InChI=1S/C27H27F6NO6S/c1-25(10-7-19(8-11-25)39-26(28,29)30)41(35,36)34-12-9-18-15-21(37-2)16-23(38-3)24(18)22(34)14-17-5-4-6-20(13-17)40-27(31,32)33/h4-8,10,13,15-16,22H,9,11-12,14H2,1-3H3/t22-,25?/m0/s1. The first-order valence-corrected chi connectivity index (χ1v) is 13.8. The molecule has 1 heterocycles. The summed E-state index contributed by atoms with van der Waals surface area (Å²) in [6, 6.07) is 7.60. The molecule has 0 spiro atoms. The minimum absolute atomic E-state index is 0.00584. The highest BCUT2D eigenvalue weighted by Crippen LogP contribution is 2.45. The van der Waals surface area contributed by atoms with Gasteiger partial charge < -0.3 is 18.9 Å². The van der Waals surface area contributed by atoms with Crippen molar-refractivity contribution >= 4 is 10.0 Å². The fourth-order valence-corrected chi connectivity index (χ4v) is 6.93. The summed E-state index contributed by atoms with van der Waals surface area (Å²) in [4.78, 5) is 0. The summed E-state index contributed by atoms with van der Waals surface area (Å²) in [5.74, 6) is -0.203. The molecule has 4 rings (SSSR count). The minimum Gasteiger partial charge on any atom is -0.497 e. The summed E-state index contributed by atoms with van der Waals surface area (Å²) in [7, 11) is -1.41. The maximum absolute atomic E-state index is 14.2. The molecule has 2 aromatic rings. The Kier molecular flexibility index (Phi) is 8.29. The second-order valence-electron chi connectivity index (χ2n) is 9.69. The number of benzene rings is 2. The van der Waals surface area contributed by atoms with E-state index in [-0.39, 0.29) is 25.8 Å². The minimum atomic E-state index is -4.94. The van der Waals surface area contributed by atoms with Gasteiger partial charge in [0, 0.05) is 18.2 Å². The normalized spacial score (nSPS) is 21.6. The number of fused-ring (bicyclic) bond motifs is 1. The molecular formula is C27H27F6NO6S. The van der Waals surface area contributed by atoms with Crippen molar-refractivity contribution in [3.05, 3.63) is 77.1 Å². The second-order valence-corrected chi connectivity index (χ2v) is 12.0. The predicted octanol–water partition coefficient (Wildman–Crippen LogP) is 6.21. The molecule has 0 aromatic heterocycles. The number of methoxy groups -OCH3 is 2. The van der Waals surface area contributed by atoms with Gasteiger partial charge in [-0.2, -0.15) is 4.31 Å². The molecule has 0 saturated carbocycles. The quantitative estimate of drug-likeness (QED) is 0.332. The Morgan fingerprint density at radius 3 is 2.27 bits per heavy atom. The molecule has 1 unspecified atom stereocenters. The Bertz CT molecular complexity index is 1440. The van der Waals surface area contributed by atoms with Crippen LogP contribution in [0.2, 0.25) is 0 Å². The Hall–Kier alpha value is -3.39. The number of rotatable bonds is 8. The van der Waals surface area contributed by atoms with Gasteiger partial charge in [0.15, 0.2) is 0 Å². The number of nitrogens with zero attached hydrogens (tertiary/aromatic N) is 1. The first kappa shape index (κ1) is 30.6. The van der Waals surface area contributed by atoms with E-state index in [1.54, 1.807) is 18.2 Å². The van der Waals surface area contributed by atoms with Gasteiger partial charge in [0.2, 0.25) is 10.0 Å². The molecule has 1 aliphatic carbocycles. The Morgan fingerprint density at radius 1 is 0.976 bits per heavy atom. The number of hydrogen-bond acceptors (Lipinski definition) is 6. The predicted molar refractivity (Wildman–Crippen MR) is 136 cm³/mol. The van der Waals surface area contributed by atoms with Crippen LogP contribution in [0.5, 0.6) is 17.2 Å². The average Bonchev–Trinajstić information content (AvgIpc) is 2.87. The van der Waals surface area contributed by atoms with Crippen molar-refractivity contribution in [3.63, 3.8) is 0 Å². The number of hydrogen-bond donors (Lipinski definition) is 0. The van der Waals surface area contributed by atoms with Crippen molar-refractivity contribution in [2.75, 3.05) is 20.8 Å². The van der Waals surface area contributed by atoms with Crippen LogP contribution in [0.1, 0.15) is 36.1 Å². The SMILES string of the molecule is COc1cc2c(c(OC)c1)[C@H](Cc1cccc(OC(F)(F)F)c1)N(S(=O)(=O)C1(C)C=CC(OC(F)(F)F)=CC1)CC2. The van der Waals surface area contributed by atoms with Gasteiger partial charge >= 0.3 is 12.7 Å². The van der Waals surface area contributed by atoms with Crippen molar-refractivity contribution in [2.45, 2.75) is 49.7 Å². The first-order chi connectivity index (χ1) is 19.0. The Balaban J connectivity index is 1.76. The van der Waals surface area contributed by atoms with Crippen LogP contribution in [0.3, 0.4) is 0 Å². The molecule has 0 bridgehead atoms. The highest BCUT2D eigenvalue weighted by molar-refractivity contribution is 7.90. The zero-order valence-corrected chi connectivity index (χ0v) is 23.0. The lowest BCUT2D eigenvalue weighted by Gasteiger charge is -2.42. The molecule has 14 heteroatoms. The third kappa shape index (κ3) is 6.75. The van der Waals surface area contributed by atoms with Gasteiger partial charge in [-0.1, -0.05) is 18.2 Å². The van der Waals surface area contributed by atoms with Gasteiger partial charge in [0.25, 0.3) is 0 Å². The van der Waals surface area contributed by atoms with Crippen molar-refractivity contribution in [3.8, 4) is 17.2 Å². The number of ether oxygens (including phenoxy) is 4. The molecule has 2 atom stereocenters. The van der Waals surface area contributed by atoms with Crippen LogP contribution in [-0.4, -0.2) is 51.0 Å². The monoisotopic (exact) mass is 607 g/mol. The van der Waals surface area contributed by atoms with Crippen LogP contribution in [-0.2, 0) is 27.6 Å². The first-order valence-electron chi connectivity index (χ1n) is 12.3. The van der Waals surface area contributed by atoms with E-state index in [2.05, 4.69) is 9.47 Å². The maximum atomic E-state index is 14.2. The Morgan fingerprint density at radius 2 is 1.68 bits per heavy atom. The third-order valence-corrected chi connectivity index (χ3v) is 9.48. The molecule has 224 valence electrons. The van der Waals surface area contributed by atoms with Crippen LogP contribution in [0.25, 0.3) is 0 Å². The molecule has 1 aliphatic heterocycles. The molecule has 41 heavy (non-hydrogen) atoms. The van der Waals surface area contributed by atoms with Crippen molar-refractivity contribution in [1.82, 2.24) is 4.31 Å². The van der Waals surface area contributed by atoms with E-state index < -0.39 is 45.0 Å². The summed E-state index contributed by atoms with van der Waals surface area (Å²) in [6.07, 6.45) is -6.79. The van der Waals surface area contributed by atoms with Gasteiger partial charge in [-0.25, -0.2) is 8.42 Å². The number of alkyl halides is 6. The topological polar surface area (TPSA) is 74.3 Å². The lowest BCUT2D eigenvalue weighted by Crippen LogP contribution is -2.50. The van der Waals surface area contributed by atoms with Crippen LogP contribution in [0.15, 0.2) is 60.4 Å². The molecule has 0 N–H and O–H groups in total. The Labute approximate surface area is 233 Å². The van der Waals surface area contributed by atoms with Gasteiger partial charge in [-0.3, -0.25) is 0 Å². The van der Waals surface area contributed by atoms with E-state index in [1.165, 1.54) is 37.6 Å². The van der Waals surface area contributed by atoms with E-state index in [0.29, 0.717) is 22.6 Å². The molecule has 0 saturated heterocycles. The maximum Gasteiger partial charge on any atom is 0.573 e. The largest absolute Gasteiger partial charge is 0.573 e. The zero-order valence-electron chi connectivity index (χ0n) is 22.2. The number of halogens is 6. The summed E-state index contributed by atoms with van der Waals surface area (Å²) in [5, 5.41) is 0. The summed E-state index contributed by atoms with van der Waals surface area (Å²) in [6.45, 7) is 1.38. The average molecular weight is 608 g/mol. The van der Waals surface area contributed by atoms with Crippen LogP contribution < -0.4 is 14.2 Å². The number of allylic oxidation sites excluding steroid dienone is 2. The van der Waals surface area contributed by atoms with Crippen LogP contribution in [0, 0.1) is 0 Å². The molecule has 0 amide bonds. The van der Waals surface area contributed by atoms with E-state index in [0.717, 1.165) is 29.9 Å². The third-order valence-electron chi connectivity index (χ3n) is 6.94. The molecule has 2 aliphatic rings. The van der Waals surface area contributed by atoms with Gasteiger partial charge in [-0.15, -0.1) is 26.3 Å². The highest BCUT2D eigenvalue weighted by atomic mass is 32.2. The second kappa shape index (κ2) is 11.1. The van der Waals surface area contributed by atoms with Crippen molar-refractivity contribution in [1.29, 1.82) is 0 Å². The fourth-order valence-electron chi connectivity index (χ4n) is 5.01. The molecular weight excluding hydrogens is 580 g/mol. The van der Waals surface area contributed by atoms with Gasteiger partial charge in [-0.05, 0) is 67.7 Å². The van der Waals surface area contributed by atoms with Crippen LogP contribution in [0.4, 0.5) is 26.3 Å². The summed E-state index contributed by atoms with van der Waals surface area (Å²) in [5.41, 5.74) is 1.59.